The molecule has 1 atom stereocenters. The second kappa shape index (κ2) is 13.7. The molecule has 8 heteroatoms. The molecule has 2 aromatic rings. The molecule has 1 spiro atoms. The summed E-state index contributed by atoms with van der Waals surface area (Å²) in [7, 11) is 3.16. The van der Waals surface area contributed by atoms with Gasteiger partial charge in [0.05, 0.1) is 19.6 Å². The number of ether oxygens (including phenoxy) is 3. The zero-order chi connectivity index (χ0) is 29.5. The van der Waals surface area contributed by atoms with Crippen molar-refractivity contribution >= 4 is 17.7 Å². The molecule has 3 heterocycles. The van der Waals surface area contributed by atoms with E-state index < -0.39 is 5.41 Å². The van der Waals surface area contributed by atoms with Gasteiger partial charge in [-0.05, 0) is 63.4 Å². The summed E-state index contributed by atoms with van der Waals surface area (Å²) in [5, 5.41) is 0. The Morgan fingerprint density at radius 1 is 0.881 bits per heavy atom. The monoisotopic (exact) mass is 576 g/mol. The summed E-state index contributed by atoms with van der Waals surface area (Å²) < 4.78 is 16.4. The number of Topliss-reactive ketones (excluding diaryl/α,β-unsaturated/α-hetero) is 1. The fourth-order valence-corrected chi connectivity index (χ4v) is 6.78. The van der Waals surface area contributed by atoms with Crippen molar-refractivity contribution in [2.45, 2.75) is 76.9 Å². The van der Waals surface area contributed by atoms with Crippen LogP contribution < -0.4 is 9.47 Å². The number of likely N-dealkylation sites (tertiary alicyclic amines) is 2. The van der Waals surface area contributed by atoms with Crippen LogP contribution in [0.4, 0.5) is 0 Å². The number of nitrogens with zero attached hydrogens (tertiary/aromatic N) is 2. The molecule has 8 nitrogen and oxygen atoms in total. The Labute approximate surface area is 249 Å². The first-order valence-corrected chi connectivity index (χ1v) is 15.5. The Bertz CT molecular complexity index is 1250. The first-order chi connectivity index (χ1) is 20.4. The number of benzene rings is 2. The summed E-state index contributed by atoms with van der Waals surface area (Å²) in [4.78, 5) is 42.3. The van der Waals surface area contributed by atoms with Gasteiger partial charge in [-0.15, -0.1) is 0 Å². The number of carbonyl (C=O) groups is 3. The number of piperidine rings is 1. The number of amides is 1. The van der Waals surface area contributed by atoms with Gasteiger partial charge in [0.15, 0.2) is 0 Å². The number of ketones is 1. The lowest BCUT2D eigenvalue weighted by Crippen LogP contribution is -2.45. The van der Waals surface area contributed by atoms with E-state index in [0.717, 1.165) is 62.9 Å². The Balaban J connectivity index is 0.942. The number of esters is 1. The van der Waals surface area contributed by atoms with Crippen LogP contribution in [0.25, 0.3) is 0 Å². The zero-order valence-electron chi connectivity index (χ0n) is 25.1. The summed E-state index contributed by atoms with van der Waals surface area (Å²) in [6, 6.07) is 13.5. The molecule has 2 saturated heterocycles. The molecule has 2 fully saturated rings. The minimum absolute atomic E-state index is 0.173. The second-order valence-corrected chi connectivity index (χ2v) is 12.0. The van der Waals surface area contributed by atoms with Crippen LogP contribution in [0.15, 0.2) is 42.5 Å². The first kappa shape index (κ1) is 30.1. The molecule has 3 aliphatic heterocycles. The van der Waals surface area contributed by atoms with E-state index in [1.807, 2.05) is 36.4 Å². The van der Waals surface area contributed by atoms with Crippen molar-refractivity contribution in [3.05, 3.63) is 59.2 Å². The van der Waals surface area contributed by atoms with Gasteiger partial charge in [-0.2, -0.15) is 0 Å². The van der Waals surface area contributed by atoms with Crippen LogP contribution in [-0.2, 0) is 20.9 Å². The predicted molar refractivity (Wildman–Crippen MR) is 160 cm³/mol. The van der Waals surface area contributed by atoms with E-state index in [2.05, 4.69) is 4.90 Å². The largest absolute Gasteiger partial charge is 0.497 e. The molecule has 1 unspecified atom stereocenters. The van der Waals surface area contributed by atoms with Crippen LogP contribution in [0.2, 0.25) is 0 Å². The highest BCUT2D eigenvalue weighted by atomic mass is 16.6. The molecule has 0 aromatic heterocycles. The second-order valence-electron chi connectivity index (χ2n) is 12.0. The molecule has 42 heavy (non-hydrogen) atoms. The lowest BCUT2D eigenvalue weighted by Gasteiger charge is -2.37. The van der Waals surface area contributed by atoms with E-state index in [-0.39, 0.29) is 23.8 Å². The maximum Gasteiger partial charge on any atom is 0.342 e. The van der Waals surface area contributed by atoms with Crippen molar-refractivity contribution in [3.63, 3.8) is 0 Å². The maximum absolute atomic E-state index is 13.0. The molecule has 0 aliphatic carbocycles. The summed E-state index contributed by atoms with van der Waals surface area (Å²) in [5.74, 6) is 0.389. The normalized spacial score (nSPS) is 19.8. The number of cyclic esters (lactones) is 1. The van der Waals surface area contributed by atoms with Crippen LogP contribution in [-0.4, -0.2) is 67.9 Å². The van der Waals surface area contributed by atoms with Crippen LogP contribution in [0.1, 0.15) is 91.8 Å². The number of rotatable bonds is 14. The molecule has 0 saturated carbocycles. The number of hydrogen-bond acceptors (Lipinski definition) is 7. The fraction of sp³-hybridized carbons (Fsp3) is 0.559. The minimum Gasteiger partial charge on any atom is -0.497 e. The van der Waals surface area contributed by atoms with E-state index in [1.54, 1.807) is 25.2 Å². The van der Waals surface area contributed by atoms with Gasteiger partial charge in [0, 0.05) is 24.7 Å². The number of fused-ring (bicyclic) bond motifs is 1. The minimum atomic E-state index is -0.487. The van der Waals surface area contributed by atoms with Crippen molar-refractivity contribution in [2.75, 3.05) is 40.4 Å². The zero-order valence-corrected chi connectivity index (χ0v) is 25.1. The molecule has 1 amide bonds. The molecular formula is C34H44N2O6. The van der Waals surface area contributed by atoms with Crippen molar-refractivity contribution in [1.29, 1.82) is 0 Å². The average molecular weight is 577 g/mol. The standard InChI is InChI=1S/C34H44N2O6/c1-40-26-21-27-28(42-33(39)30(27)29(22-26)41-2)15-11-6-4-3-5-7-12-18-35-19-16-34(17-20-35)24-36(32(38)31(34)37)23-25-13-9-8-10-14-25/h8-10,13-14,21-22,28H,3-7,11-12,15-20,23-24H2,1-2H3. The Kier molecular flexibility index (Phi) is 9.83. The SMILES string of the molecule is COc1cc(OC)c2c(c1)C(CCCCCCCCCN1CCC3(CC1)CN(Cc1ccccc1)C(=O)C3=O)OC2=O. The predicted octanol–water partition coefficient (Wildman–Crippen LogP) is 5.73. The highest BCUT2D eigenvalue weighted by molar-refractivity contribution is 6.40. The lowest BCUT2D eigenvalue weighted by atomic mass is 9.76. The first-order valence-electron chi connectivity index (χ1n) is 15.5. The van der Waals surface area contributed by atoms with E-state index >= 15 is 0 Å². The third-order valence-corrected chi connectivity index (χ3v) is 9.29. The Hall–Kier alpha value is -3.39. The highest BCUT2D eigenvalue weighted by Crippen LogP contribution is 2.42. The smallest absolute Gasteiger partial charge is 0.342 e. The molecule has 0 N–H and O–H groups in total. The number of methoxy groups -OCH3 is 2. The molecular weight excluding hydrogens is 532 g/mol. The Morgan fingerprint density at radius 2 is 1.57 bits per heavy atom. The summed E-state index contributed by atoms with van der Waals surface area (Å²) >= 11 is 0. The number of hydrogen-bond donors (Lipinski definition) is 0. The third kappa shape index (κ3) is 6.64. The maximum atomic E-state index is 13.0. The van der Waals surface area contributed by atoms with Gasteiger partial charge in [0.25, 0.3) is 5.91 Å². The van der Waals surface area contributed by atoms with Crippen molar-refractivity contribution < 1.29 is 28.6 Å². The van der Waals surface area contributed by atoms with Crippen molar-refractivity contribution in [3.8, 4) is 11.5 Å². The van der Waals surface area contributed by atoms with E-state index in [9.17, 15) is 14.4 Å². The lowest BCUT2D eigenvalue weighted by molar-refractivity contribution is -0.143. The Morgan fingerprint density at radius 3 is 2.26 bits per heavy atom. The van der Waals surface area contributed by atoms with Gasteiger partial charge < -0.3 is 24.0 Å². The molecule has 3 aliphatic rings. The van der Waals surface area contributed by atoms with Gasteiger partial charge >= 0.3 is 5.97 Å². The third-order valence-electron chi connectivity index (χ3n) is 9.29. The summed E-state index contributed by atoms with van der Waals surface area (Å²) in [5.41, 5.74) is 1.98. The van der Waals surface area contributed by atoms with Crippen LogP contribution >= 0.6 is 0 Å². The van der Waals surface area contributed by atoms with E-state index in [1.165, 1.54) is 32.1 Å². The topological polar surface area (TPSA) is 85.4 Å². The summed E-state index contributed by atoms with van der Waals surface area (Å²) in [6.07, 6.45) is 10.2. The van der Waals surface area contributed by atoms with Gasteiger partial charge in [0.1, 0.15) is 23.2 Å². The highest BCUT2D eigenvalue weighted by Gasteiger charge is 2.52. The fourth-order valence-electron chi connectivity index (χ4n) is 6.78. The van der Waals surface area contributed by atoms with Gasteiger partial charge in [0.2, 0.25) is 5.78 Å². The number of carbonyl (C=O) groups excluding carboxylic acids is 3. The quantitative estimate of drug-likeness (QED) is 0.161. The van der Waals surface area contributed by atoms with Gasteiger partial charge in [-0.3, -0.25) is 9.59 Å². The summed E-state index contributed by atoms with van der Waals surface area (Å²) in [6.45, 7) is 3.93. The molecule has 5 rings (SSSR count). The van der Waals surface area contributed by atoms with Crippen LogP contribution in [0.5, 0.6) is 11.5 Å². The van der Waals surface area contributed by atoms with Crippen LogP contribution in [0, 0.1) is 5.41 Å². The van der Waals surface area contributed by atoms with Gasteiger partial charge in [-0.1, -0.05) is 62.4 Å². The molecule has 2 aromatic carbocycles. The van der Waals surface area contributed by atoms with Crippen molar-refractivity contribution in [2.24, 2.45) is 5.41 Å². The molecule has 0 bridgehead atoms. The average Bonchev–Trinajstić information content (AvgIpc) is 3.45. The van der Waals surface area contributed by atoms with Crippen LogP contribution in [0.3, 0.4) is 0 Å². The van der Waals surface area contributed by atoms with Gasteiger partial charge in [-0.25, -0.2) is 4.79 Å². The molecule has 0 radical (unpaired) electrons. The van der Waals surface area contributed by atoms with Crippen molar-refractivity contribution in [1.82, 2.24) is 9.80 Å². The van der Waals surface area contributed by atoms with E-state index in [4.69, 9.17) is 14.2 Å². The molecule has 226 valence electrons. The van der Waals surface area contributed by atoms with E-state index in [0.29, 0.717) is 30.2 Å². The number of unbranched alkanes of at least 4 members (excludes halogenated alkanes) is 6.